The number of alkyl halides is 3. The Bertz CT molecular complexity index is 1790. The van der Waals surface area contributed by atoms with Crippen LogP contribution in [-0.4, -0.2) is 65.8 Å². The molecule has 8 rings (SSSR count). The van der Waals surface area contributed by atoms with Gasteiger partial charge in [-0.2, -0.15) is 13.2 Å². The summed E-state index contributed by atoms with van der Waals surface area (Å²) < 4.78 is 51.5. The number of imide groups is 1. The Balaban J connectivity index is 1.08. The molecule has 0 radical (unpaired) electrons. The standard InChI is InChI=1S/C32H28F3N3O6S2/c33-32(34,35)16-2-1-3-17(12-16)38-29(40)24-19-13-20(25(24)30(38)41)26-23(19)22(27-28(45-26)36-31(42)46-27)15-4-6-18(7-5-15)44-14-21(39)37-8-10-43-11-9-37/h1-7,12,19-20,22-26H,8-11,13-14H2,(H,36,42)/t19-,20-,22-,23?,24?,25?,26?/m1/s1. The fourth-order valence-corrected chi connectivity index (χ4v) is 11.2. The summed E-state index contributed by atoms with van der Waals surface area (Å²) in [6, 6.07) is 11.8. The summed E-state index contributed by atoms with van der Waals surface area (Å²) in [6.07, 6.45) is -3.95. The van der Waals surface area contributed by atoms with E-state index in [-0.39, 0.29) is 52.0 Å². The van der Waals surface area contributed by atoms with Gasteiger partial charge in [-0.3, -0.25) is 24.1 Å². The van der Waals surface area contributed by atoms with Gasteiger partial charge in [0, 0.05) is 29.1 Å². The van der Waals surface area contributed by atoms with Gasteiger partial charge in [0.2, 0.25) is 11.8 Å². The van der Waals surface area contributed by atoms with E-state index in [4.69, 9.17) is 9.47 Å². The number of morpholine rings is 1. The first-order chi connectivity index (χ1) is 22.1. The fraction of sp³-hybridized carbons (Fsp3) is 0.438. The van der Waals surface area contributed by atoms with E-state index in [1.807, 2.05) is 12.1 Å². The van der Waals surface area contributed by atoms with Gasteiger partial charge < -0.3 is 19.4 Å². The van der Waals surface area contributed by atoms with Crippen LogP contribution in [0.1, 0.15) is 28.3 Å². The highest BCUT2D eigenvalue weighted by molar-refractivity contribution is 8.00. The molecule has 240 valence electrons. The molecule has 14 heteroatoms. The molecule has 3 amide bonds. The van der Waals surface area contributed by atoms with Gasteiger partial charge in [-0.15, -0.1) is 11.8 Å². The number of hydrogen-bond acceptors (Lipinski definition) is 8. The van der Waals surface area contributed by atoms with Crippen molar-refractivity contribution in [2.75, 3.05) is 37.8 Å². The third kappa shape index (κ3) is 4.70. The molecule has 4 heterocycles. The van der Waals surface area contributed by atoms with Gasteiger partial charge in [0.05, 0.1) is 41.3 Å². The molecular weight excluding hydrogens is 643 g/mol. The average molecular weight is 672 g/mol. The first-order valence-electron chi connectivity index (χ1n) is 15.1. The zero-order chi connectivity index (χ0) is 31.9. The number of hydrogen-bond donors (Lipinski definition) is 1. The Kier molecular flexibility index (Phi) is 7.11. The van der Waals surface area contributed by atoms with E-state index in [9.17, 15) is 32.3 Å². The molecule has 4 fully saturated rings. The molecule has 7 atom stereocenters. The van der Waals surface area contributed by atoms with Crippen molar-refractivity contribution in [3.05, 3.63) is 74.2 Å². The predicted octanol–water partition coefficient (Wildman–Crippen LogP) is 4.37. The second kappa shape index (κ2) is 11.0. The first kappa shape index (κ1) is 29.8. The summed E-state index contributed by atoms with van der Waals surface area (Å²) in [5, 5.41) is 0.697. The number of rotatable bonds is 5. The van der Waals surface area contributed by atoms with Crippen molar-refractivity contribution in [2.45, 2.75) is 28.8 Å². The van der Waals surface area contributed by atoms with E-state index in [0.29, 0.717) is 38.5 Å². The Hall–Kier alpha value is -3.62. The molecule has 2 saturated carbocycles. The number of amides is 3. The van der Waals surface area contributed by atoms with Gasteiger partial charge in [-0.25, -0.2) is 0 Å². The number of aromatic amines is 1. The Morgan fingerprint density at radius 1 is 1.00 bits per heavy atom. The molecule has 46 heavy (non-hydrogen) atoms. The molecule has 2 bridgehead atoms. The summed E-state index contributed by atoms with van der Waals surface area (Å²) in [5.41, 5.74) is -0.0487. The molecule has 0 spiro atoms. The Labute approximate surface area is 269 Å². The highest BCUT2D eigenvalue weighted by Crippen LogP contribution is 2.68. The molecule has 1 N–H and O–H groups in total. The van der Waals surface area contributed by atoms with Gasteiger partial charge in [0.1, 0.15) is 5.75 Å². The summed E-state index contributed by atoms with van der Waals surface area (Å²) in [4.78, 5) is 59.1. The van der Waals surface area contributed by atoms with Gasteiger partial charge in [0.25, 0.3) is 5.91 Å². The number of anilines is 1. The molecule has 2 saturated heterocycles. The number of thiazole rings is 1. The van der Waals surface area contributed by atoms with E-state index >= 15 is 0 Å². The topological polar surface area (TPSA) is 109 Å². The third-order valence-corrected chi connectivity index (χ3v) is 12.7. The van der Waals surface area contributed by atoms with Gasteiger partial charge in [-0.05, 0) is 60.1 Å². The molecule has 2 aliphatic carbocycles. The maximum absolute atomic E-state index is 13.9. The van der Waals surface area contributed by atoms with Crippen LogP contribution >= 0.6 is 23.1 Å². The van der Waals surface area contributed by atoms with Crippen LogP contribution in [0.15, 0.2) is 58.4 Å². The van der Waals surface area contributed by atoms with E-state index in [1.165, 1.54) is 12.1 Å². The summed E-state index contributed by atoms with van der Waals surface area (Å²) >= 11 is 2.68. The van der Waals surface area contributed by atoms with Crippen LogP contribution in [-0.2, 0) is 25.3 Å². The molecule has 3 aliphatic heterocycles. The molecule has 4 unspecified atom stereocenters. The fourth-order valence-electron chi connectivity index (χ4n) is 8.29. The van der Waals surface area contributed by atoms with Crippen molar-refractivity contribution in [2.24, 2.45) is 29.6 Å². The lowest BCUT2D eigenvalue weighted by Crippen LogP contribution is -2.43. The average Bonchev–Trinajstić information content (AvgIpc) is 3.79. The SMILES string of the molecule is O=C(COc1ccc([C@H]2c3sc(=O)[nH]c3SC3C2[C@H]2C[C@@H]3C3C(=O)N(c4cccc(C(F)(F)F)c4)C(=O)C32)cc1)N1CCOCC1. The Morgan fingerprint density at radius 2 is 1.72 bits per heavy atom. The minimum Gasteiger partial charge on any atom is -0.484 e. The lowest BCUT2D eigenvalue weighted by Gasteiger charge is -2.43. The number of halogens is 3. The number of aromatic nitrogens is 1. The molecule has 1 aromatic heterocycles. The number of nitrogens with one attached hydrogen (secondary N) is 1. The molecule has 2 aromatic carbocycles. The summed E-state index contributed by atoms with van der Waals surface area (Å²) in [6.45, 7) is 1.96. The van der Waals surface area contributed by atoms with Crippen LogP contribution < -0.4 is 14.5 Å². The number of carbonyl (C=O) groups excluding carboxylic acids is 3. The number of ether oxygens (including phenoxy) is 2. The van der Waals surface area contributed by atoms with Crippen molar-refractivity contribution >= 4 is 46.5 Å². The van der Waals surface area contributed by atoms with Crippen molar-refractivity contribution in [1.82, 2.24) is 9.88 Å². The third-order valence-electron chi connectivity index (χ3n) is 10.1. The largest absolute Gasteiger partial charge is 0.484 e. The van der Waals surface area contributed by atoms with E-state index in [2.05, 4.69) is 4.98 Å². The quantitative estimate of drug-likeness (QED) is 0.402. The number of fused-ring (bicyclic) bond motifs is 9. The van der Waals surface area contributed by atoms with Crippen LogP contribution in [0.2, 0.25) is 0 Å². The van der Waals surface area contributed by atoms with E-state index in [0.717, 1.165) is 43.8 Å². The number of benzene rings is 2. The first-order valence-corrected chi connectivity index (χ1v) is 16.8. The minimum absolute atomic E-state index is 0.0584. The summed E-state index contributed by atoms with van der Waals surface area (Å²) in [7, 11) is 0. The predicted molar refractivity (Wildman–Crippen MR) is 162 cm³/mol. The second-order valence-electron chi connectivity index (χ2n) is 12.4. The lowest BCUT2D eigenvalue weighted by molar-refractivity contribution is -0.138. The minimum atomic E-state index is -4.61. The normalized spacial score (nSPS) is 29.9. The van der Waals surface area contributed by atoms with Crippen LogP contribution in [0.4, 0.5) is 18.9 Å². The highest BCUT2D eigenvalue weighted by atomic mass is 32.2. The van der Waals surface area contributed by atoms with Crippen LogP contribution in [0.5, 0.6) is 5.75 Å². The Morgan fingerprint density at radius 3 is 2.43 bits per heavy atom. The molecule has 9 nitrogen and oxygen atoms in total. The maximum Gasteiger partial charge on any atom is 0.416 e. The number of thioether (sulfide) groups is 1. The van der Waals surface area contributed by atoms with Gasteiger partial charge >= 0.3 is 11.0 Å². The number of nitrogens with zero attached hydrogens (tertiary/aromatic N) is 2. The number of H-pyrrole nitrogens is 1. The van der Waals surface area contributed by atoms with Crippen LogP contribution in [0.3, 0.4) is 0 Å². The second-order valence-corrected chi connectivity index (χ2v) is 14.6. The van der Waals surface area contributed by atoms with E-state index < -0.39 is 35.4 Å². The van der Waals surface area contributed by atoms with Crippen LogP contribution in [0.25, 0.3) is 0 Å². The maximum atomic E-state index is 13.9. The monoisotopic (exact) mass is 671 g/mol. The molecule has 3 aromatic rings. The van der Waals surface area contributed by atoms with Crippen molar-refractivity contribution < 1.29 is 37.0 Å². The summed E-state index contributed by atoms with van der Waals surface area (Å²) in [5.74, 6) is -2.39. The van der Waals surface area contributed by atoms with Gasteiger partial charge in [-0.1, -0.05) is 29.5 Å². The molecular formula is C32H28F3N3O6S2. The lowest BCUT2D eigenvalue weighted by atomic mass is 9.68. The zero-order valence-electron chi connectivity index (χ0n) is 24.2. The van der Waals surface area contributed by atoms with Crippen molar-refractivity contribution in [1.29, 1.82) is 0 Å². The number of carbonyl (C=O) groups is 3. The molecule has 5 aliphatic rings. The zero-order valence-corrected chi connectivity index (χ0v) is 25.8. The van der Waals surface area contributed by atoms with E-state index in [1.54, 1.807) is 28.8 Å². The smallest absolute Gasteiger partial charge is 0.416 e. The van der Waals surface area contributed by atoms with Crippen molar-refractivity contribution in [3.63, 3.8) is 0 Å². The van der Waals surface area contributed by atoms with Gasteiger partial charge in [0.15, 0.2) is 6.61 Å². The van der Waals surface area contributed by atoms with Crippen molar-refractivity contribution in [3.8, 4) is 5.75 Å². The highest BCUT2D eigenvalue weighted by Gasteiger charge is 2.69. The van der Waals surface area contributed by atoms with Crippen LogP contribution in [0, 0.1) is 29.6 Å².